The topological polar surface area (TPSA) is 71.5 Å². The van der Waals surface area contributed by atoms with Gasteiger partial charge in [0.15, 0.2) is 21.0 Å². The van der Waals surface area contributed by atoms with Gasteiger partial charge in [0, 0.05) is 5.41 Å². The summed E-state index contributed by atoms with van der Waals surface area (Å²) >= 11 is 5.79. The number of ketones is 1. The van der Waals surface area contributed by atoms with E-state index in [-0.39, 0.29) is 17.2 Å². The Kier molecular flexibility index (Phi) is 3.10. The fourth-order valence-corrected chi connectivity index (χ4v) is 4.94. The Hall–Kier alpha value is -0.880. The van der Waals surface area contributed by atoms with E-state index >= 15 is 0 Å². The van der Waals surface area contributed by atoms with Crippen LogP contribution in [0.4, 0.5) is 0 Å². The highest BCUT2D eigenvalue weighted by molar-refractivity contribution is 7.92. The Labute approximate surface area is 117 Å². The minimum absolute atomic E-state index is 0.203. The molecule has 0 aromatic heterocycles. The number of carbonyl (C=O) groups excluding carboxylic acids is 2. The molecule has 0 radical (unpaired) electrons. The van der Waals surface area contributed by atoms with Gasteiger partial charge in [-0.1, -0.05) is 20.8 Å². The molecule has 0 bridgehead atoms. The highest BCUT2D eigenvalue weighted by Gasteiger charge is 2.59. The normalized spacial score (nSPS) is 29.9. The van der Waals surface area contributed by atoms with E-state index < -0.39 is 31.9 Å². The van der Waals surface area contributed by atoms with Crippen LogP contribution in [0.1, 0.15) is 27.7 Å². The van der Waals surface area contributed by atoms with E-state index in [0.717, 1.165) is 4.90 Å². The minimum atomic E-state index is -3.50. The molecule has 106 valence electrons. The second kappa shape index (κ2) is 4.06. The van der Waals surface area contributed by atoms with E-state index in [2.05, 4.69) is 0 Å². The van der Waals surface area contributed by atoms with Crippen LogP contribution >= 0.6 is 11.6 Å². The van der Waals surface area contributed by atoms with Gasteiger partial charge in [0.1, 0.15) is 5.38 Å². The number of hydrogen-bond acceptors (Lipinski definition) is 4. The first-order valence-electron chi connectivity index (χ1n) is 5.92. The molecule has 19 heavy (non-hydrogen) atoms. The number of halogens is 1. The number of Topliss-reactive ketones (excluding diaryl/α,β-unsaturated/α-hetero) is 1. The molecule has 0 aromatic rings. The second-order valence-corrected chi connectivity index (χ2v) is 8.58. The Morgan fingerprint density at radius 1 is 1.37 bits per heavy atom. The molecular weight excluding hydrogens is 290 g/mol. The highest BCUT2D eigenvalue weighted by atomic mass is 35.5. The van der Waals surface area contributed by atoms with Gasteiger partial charge in [0.2, 0.25) is 5.91 Å². The Balaban J connectivity index is 2.55. The summed E-state index contributed by atoms with van der Waals surface area (Å²) in [5.74, 6) is -0.967. The van der Waals surface area contributed by atoms with Crippen molar-refractivity contribution < 1.29 is 18.0 Å². The van der Waals surface area contributed by atoms with Gasteiger partial charge in [-0.25, -0.2) is 8.42 Å². The Bertz CT molecular complexity index is 600. The molecule has 1 saturated heterocycles. The minimum Gasteiger partial charge on any atom is -0.292 e. The number of amides is 1. The zero-order chi connectivity index (χ0) is 14.7. The van der Waals surface area contributed by atoms with E-state index in [0.29, 0.717) is 5.57 Å². The lowest BCUT2D eigenvalue weighted by atomic mass is 9.86. The molecule has 2 aliphatic heterocycles. The van der Waals surface area contributed by atoms with Crippen LogP contribution in [0, 0.1) is 5.41 Å². The lowest BCUT2D eigenvalue weighted by Gasteiger charge is -2.48. The first-order chi connectivity index (χ1) is 8.48. The van der Waals surface area contributed by atoms with Crippen LogP contribution < -0.4 is 0 Å². The van der Waals surface area contributed by atoms with E-state index in [4.69, 9.17) is 11.6 Å². The average molecular weight is 306 g/mol. The van der Waals surface area contributed by atoms with Crippen LogP contribution in [0.2, 0.25) is 0 Å². The van der Waals surface area contributed by atoms with Crippen molar-refractivity contribution in [3.8, 4) is 0 Å². The lowest BCUT2D eigenvalue weighted by Crippen LogP contribution is -2.68. The van der Waals surface area contributed by atoms with Crippen molar-refractivity contribution in [2.45, 2.75) is 38.4 Å². The number of alkyl halides is 1. The van der Waals surface area contributed by atoms with Gasteiger partial charge in [-0.2, -0.15) is 0 Å². The predicted molar refractivity (Wildman–Crippen MR) is 71.2 cm³/mol. The summed E-state index contributed by atoms with van der Waals surface area (Å²) in [6.07, 6.45) is 0. The molecule has 2 heterocycles. The monoisotopic (exact) mass is 305 g/mol. The average Bonchev–Trinajstić information content (AvgIpc) is 2.24. The number of nitrogens with zero attached hydrogens (tertiary/aromatic N) is 1. The SMILES string of the molecule is CC1=C(C(=O)C(C)(C)C)N2C(=O)[C@H](Cl)[C@@H]2S(=O)(=O)C1. The van der Waals surface area contributed by atoms with Gasteiger partial charge in [-0.15, -0.1) is 11.6 Å². The Morgan fingerprint density at radius 2 is 1.89 bits per heavy atom. The third-order valence-corrected chi connectivity index (χ3v) is 5.93. The van der Waals surface area contributed by atoms with Crippen LogP contribution in [-0.4, -0.2) is 41.5 Å². The number of fused-ring (bicyclic) bond motifs is 1. The first-order valence-corrected chi connectivity index (χ1v) is 8.07. The number of sulfone groups is 1. The summed E-state index contributed by atoms with van der Waals surface area (Å²) in [6, 6.07) is 0. The summed E-state index contributed by atoms with van der Waals surface area (Å²) in [5, 5.41) is -2.17. The van der Waals surface area contributed by atoms with Crippen molar-refractivity contribution in [3.05, 3.63) is 11.3 Å². The van der Waals surface area contributed by atoms with Crippen LogP contribution in [0.3, 0.4) is 0 Å². The van der Waals surface area contributed by atoms with Crippen LogP contribution in [0.25, 0.3) is 0 Å². The summed E-state index contributed by atoms with van der Waals surface area (Å²) in [6.45, 7) is 6.77. The summed E-state index contributed by atoms with van der Waals surface area (Å²) in [5.41, 5.74) is -0.0674. The van der Waals surface area contributed by atoms with Gasteiger partial charge < -0.3 is 0 Å². The maximum atomic E-state index is 12.4. The van der Waals surface area contributed by atoms with Crippen molar-refractivity contribution in [1.29, 1.82) is 0 Å². The van der Waals surface area contributed by atoms with Gasteiger partial charge in [0.05, 0.1) is 11.4 Å². The number of hydrogen-bond donors (Lipinski definition) is 0. The fourth-order valence-electron chi connectivity index (χ4n) is 2.33. The van der Waals surface area contributed by atoms with E-state index in [1.807, 2.05) is 0 Å². The molecule has 2 aliphatic rings. The summed E-state index contributed by atoms with van der Waals surface area (Å²) in [7, 11) is -3.50. The molecule has 0 saturated carbocycles. The van der Waals surface area contributed by atoms with Crippen LogP contribution in [0.15, 0.2) is 11.3 Å². The van der Waals surface area contributed by atoms with Crippen LogP contribution in [-0.2, 0) is 19.4 Å². The number of allylic oxidation sites excluding steroid dienone is 1. The van der Waals surface area contributed by atoms with E-state index in [1.165, 1.54) is 0 Å². The van der Waals surface area contributed by atoms with Gasteiger partial charge in [-0.05, 0) is 12.5 Å². The third kappa shape index (κ3) is 2.01. The van der Waals surface area contributed by atoms with Gasteiger partial charge >= 0.3 is 0 Å². The number of carbonyl (C=O) groups is 2. The molecule has 0 aliphatic carbocycles. The fraction of sp³-hybridized carbons (Fsp3) is 0.667. The molecule has 5 nitrogen and oxygen atoms in total. The van der Waals surface area contributed by atoms with E-state index in [1.54, 1.807) is 27.7 Å². The molecular formula is C12H16ClNO4S. The van der Waals surface area contributed by atoms with Crippen LogP contribution in [0.5, 0.6) is 0 Å². The molecule has 7 heteroatoms. The quantitative estimate of drug-likeness (QED) is 0.537. The van der Waals surface area contributed by atoms with Crippen molar-refractivity contribution in [3.63, 3.8) is 0 Å². The van der Waals surface area contributed by atoms with Gasteiger partial charge in [0.25, 0.3) is 0 Å². The van der Waals surface area contributed by atoms with Crippen molar-refractivity contribution in [1.82, 2.24) is 4.90 Å². The largest absolute Gasteiger partial charge is 0.292 e. The van der Waals surface area contributed by atoms with Crippen molar-refractivity contribution >= 4 is 33.1 Å². The Morgan fingerprint density at radius 3 is 2.37 bits per heavy atom. The smallest absolute Gasteiger partial charge is 0.249 e. The summed E-state index contributed by atoms with van der Waals surface area (Å²) in [4.78, 5) is 25.3. The lowest BCUT2D eigenvalue weighted by molar-refractivity contribution is -0.142. The first kappa shape index (κ1) is 14.5. The van der Waals surface area contributed by atoms with E-state index in [9.17, 15) is 18.0 Å². The standard InChI is InChI=1S/C12H16ClNO4S/c1-6-5-19(17,18)11-7(13)10(16)14(11)8(6)9(15)12(2,3)4/h7,11H,5H2,1-4H3/t7-,11-/m0/s1. The molecule has 1 fully saturated rings. The molecule has 2 rings (SSSR count). The predicted octanol–water partition coefficient (Wildman–Crippen LogP) is 1.08. The molecule has 0 aromatic carbocycles. The number of β-lactam (4-membered cyclic amide) rings is 1. The highest BCUT2D eigenvalue weighted by Crippen LogP contribution is 2.41. The zero-order valence-corrected chi connectivity index (χ0v) is 12.8. The summed E-state index contributed by atoms with van der Waals surface area (Å²) < 4.78 is 24.0. The maximum Gasteiger partial charge on any atom is 0.249 e. The molecule has 1 amide bonds. The molecule has 2 atom stereocenters. The maximum absolute atomic E-state index is 12.4. The van der Waals surface area contributed by atoms with Crippen molar-refractivity contribution in [2.75, 3.05) is 5.75 Å². The number of rotatable bonds is 1. The third-order valence-electron chi connectivity index (χ3n) is 3.31. The zero-order valence-electron chi connectivity index (χ0n) is 11.2. The van der Waals surface area contributed by atoms with Gasteiger partial charge in [-0.3, -0.25) is 14.5 Å². The molecule has 0 unspecified atom stereocenters. The molecule has 0 N–H and O–H groups in total. The molecule has 0 spiro atoms. The second-order valence-electron chi connectivity index (χ2n) is 6.02. The van der Waals surface area contributed by atoms with Crippen molar-refractivity contribution in [2.24, 2.45) is 5.41 Å².